The second-order valence-electron chi connectivity index (χ2n) is 3.87. The van der Waals surface area contributed by atoms with Crippen molar-refractivity contribution >= 4 is 16.6 Å². The molecule has 0 amide bonds. The normalized spacial score (nSPS) is 14.4. The Morgan fingerprint density at radius 2 is 1.94 bits per heavy atom. The van der Waals surface area contributed by atoms with Gasteiger partial charge in [-0.25, -0.2) is 0 Å². The van der Waals surface area contributed by atoms with Crippen LogP contribution >= 0.6 is 0 Å². The molecule has 0 unspecified atom stereocenters. The average molecular weight is 231 g/mol. The van der Waals surface area contributed by atoms with Gasteiger partial charge in [-0.05, 0) is 12.1 Å². The maximum Gasteiger partial charge on any atom is 0.163 e. The van der Waals surface area contributed by atoms with Crippen LogP contribution in [-0.2, 0) is 0 Å². The molecule has 0 radical (unpaired) electrons. The molecule has 1 aliphatic heterocycles. The molecule has 0 bridgehead atoms. The predicted molar refractivity (Wildman–Crippen MR) is 65.2 cm³/mol. The molecule has 1 aromatic carbocycles. The number of hydrogen-bond donors (Lipinski definition) is 2. The first kappa shape index (κ1) is 10.2. The molecule has 0 saturated carbocycles. The van der Waals surface area contributed by atoms with Crippen LogP contribution < -0.4 is 20.7 Å². The second kappa shape index (κ2) is 4.10. The van der Waals surface area contributed by atoms with E-state index in [4.69, 9.17) is 15.3 Å². The van der Waals surface area contributed by atoms with Crippen LogP contribution in [0.1, 0.15) is 6.42 Å². The van der Waals surface area contributed by atoms with Crippen molar-refractivity contribution in [1.82, 2.24) is 4.98 Å². The van der Waals surface area contributed by atoms with Gasteiger partial charge in [-0.15, -0.1) is 0 Å². The van der Waals surface area contributed by atoms with Crippen molar-refractivity contribution in [3.8, 4) is 11.5 Å². The number of pyridine rings is 1. The van der Waals surface area contributed by atoms with E-state index in [2.05, 4.69) is 10.4 Å². The summed E-state index contributed by atoms with van der Waals surface area (Å²) in [6.07, 6.45) is 2.60. The van der Waals surface area contributed by atoms with Crippen LogP contribution in [0.25, 0.3) is 10.9 Å². The van der Waals surface area contributed by atoms with Crippen LogP contribution in [0.5, 0.6) is 11.5 Å². The molecule has 0 spiro atoms. The third-order valence-corrected chi connectivity index (χ3v) is 2.77. The molecule has 0 atom stereocenters. The molecule has 1 aliphatic rings. The summed E-state index contributed by atoms with van der Waals surface area (Å²) in [7, 11) is 0. The number of benzene rings is 1. The fourth-order valence-corrected chi connectivity index (χ4v) is 1.93. The third-order valence-electron chi connectivity index (χ3n) is 2.77. The summed E-state index contributed by atoms with van der Waals surface area (Å²) < 4.78 is 11.2. The third kappa shape index (κ3) is 1.74. The first-order valence-electron chi connectivity index (χ1n) is 5.53. The van der Waals surface area contributed by atoms with Crippen LogP contribution in [0.15, 0.2) is 24.4 Å². The molecule has 0 fully saturated rings. The van der Waals surface area contributed by atoms with Crippen molar-refractivity contribution in [2.75, 3.05) is 18.6 Å². The Kier molecular flexibility index (Phi) is 2.45. The lowest BCUT2D eigenvalue weighted by atomic mass is 10.1. The van der Waals surface area contributed by atoms with Crippen molar-refractivity contribution in [3.05, 3.63) is 24.4 Å². The Morgan fingerprint density at radius 1 is 1.18 bits per heavy atom. The maximum atomic E-state index is 5.63. The molecule has 0 saturated heterocycles. The summed E-state index contributed by atoms with van der Waals surface area (Å²) in [5.74, 6) is 6.97. The minimum Gasteiger partial charge on any atom is -0.490 e. The first-order valence-corrected chi connectivity index (χ1v) is 5.53. The average Bonchev–Trinajstić information content (AvgIpc) is 2.60. The zero-order valence-electron chi connectivity index (χ0n) is 9.27. The summed E-state index contributed by atoms with van der Waals surface area (Å²) in [5, 5.41) is 0.930. The lowest BCUT2D eigenvalue weighted by Crippen LogP contribution is -2.07. The molecule has 3 rings (SSSR count). The molecule has 2 heterocycles. The summed E-state index contributed by atoms with van der Waals surface area (Å²) in [6, 6.07) is 5.63. The van der Waals surface area contributed by atoms with Crippen LogP contribution in [0.3, 0.4) is 0 Å². The van der Waals surface area contributed by atoms with Gasteiger partial charge in [-0.2, -0.15) is 0 Å². The Balaban J connectivity index is 2.22. The van der Waals surface area contributed by atoms with Crippen molar-refractivity contribution in [2.45, 2.75) is 6.42 Å². The Labute approximate surface area is 98.5 Å². The molecule has 5 heteroatoms. The van der Waals surface area contributed by atoms with E-state index in [1.807, 2.05) is 18.2 Å². The molecule has 0 aliphatic carbocycles. The number of nitrogens with zero attached hydrogens (tertiary/aromatic N) is 1. The molecule has 17 heavy (non-hydrogen) atoms. The lowest BCUT2D eigenvalue weighted by Gasteiger charge is -2.10. The fourth-order valence-electron chi connectivity index (χ4n) is 1.93. The van der Waals surface area contributed by atoms with E-state index in [9.17, 15) is 0 Å². The van der Waals surface area contributed by atoms with E-state index in [0.29, 0.717) is 13.2 Å². The van der Waals surface area contributed by atoms with Crippen molar-refractivity contribution < 1.29 is 9.47 Å². The second-order valence-corrected chi connectivity index (χ2v) is 3.87. The summed E-state index contributed by atoms with van der Waals surface area (Å²) in [5.41, 5.74) is 4.32. The molecule has 2 aromatic rings. The van der Waals surface area contributed by atoms with E-state index in [-0.39, 0.29) is 0 Å². The van der Waals surface area contributed by atoms with Gasteiger partial charge in [-0.3, -0.25) is 10.8 Å². The van der Waals surface area contributed by atoms with Crippen LogP contribution in [0.4, 0.5) is 5.69 Å². The number of fused-ring (bicyclic) bond motifs is 2. The number of nitrogens with one attached hydrogen (secondary N) is 1. The van der Waals surface area contributed by atoms with Crippen molar-refractivity contribution in [2.24, 2.45) is 5.84 Å². The summed E-state index contributed by atoms with van der Waals surface area (Å²) in [4.78, 5) is 4.30. The molecule has 3 N–H and O–H groups in total. The topological polar surface area (TPSA) is 69.4 Å². The number of ether oxygens (including phenoxy) is 2. The Morgan fingerprint density at radius 3 is 2.71 bits per heavy atom. The SMILES string of the molecule is NNc1ccnc2cc3c(cc12)OCCCO3. The lowest BCUT2D eigenvalue weighted by molar-refractivity contribution is 0.297. The van der Waals surface area contributed by atoms with Gasteiger partial charge in [0.25, 0.3) is 0 Å². The number of rotatable bonds is 1. The molecule has 1 aromatic heterocycles. The molecule has 5 nitrogen and oxygen atoms in total. The van der Waals surface area contributed by atoms with E-state index < -0.39 is 0 Å². The van der Waals surface area contributed by atoms with Gasteiger partial charge in [0, 0.05) is 24.1 Å². The standard InChI is InChI=1S/C12H13N3O2/c13-15-9-2-3-14-10-7-12-11(6-8(9)10)16-4-1-5-17-12/h2-3,6-7H,1,4-5,13H2,(H,14,15). The van der Waals surface area contributed by atoms with Gasteiger partial charge >= 0.3 is 0 Å². The molecule has 88 valence electrons. The highest BCUT2D eigenvalue weighted by molar-refractivity contribution is 5.93. The zero-order valence-corrected chi connectivity index (χ0v) is 9.27. The largest absolute Gasteiger partial charge is 0.490 e. The van der Waals surface area contributed by atoms with Crippen LogP contribution in [0.2, 0.25) is 0 Å². The summed E-state index contributed by atoms with van der Waals surface area (Å²) >= 11 is 0. The quantitative estimate of drug-likeness (QED) is 0.577. The first-order chi connectivity index (χ1) is 8.38. The van der Waals surface area contributed by atoms with E-state index in [0.717, 1.165) is 34.5 Å². The Hall–Kier alpha value is -2.01. The number of hydrazine groups is 1. The number of nitrogens with two attached hydrogens (primary N) is 1. The number of nitrogen functional groups attached to an aromatic ring is 1. The van der Waals surface area contributed by atoms with Crippen LogP contribution in [-0.4, -0.2) is 18.2 Å². The number of anilines is 1. The van der Waals surface area contributed by atoms with Gasteiger partial charge in [0.15, 0.2) is 11.5 Å². The number of aromatic nitrogens is 1. The van der Waals surface area contributed by atoms with Crippen LogP contribution in [0, 0.1) is 0 Å². The fraction of sp³-hybridized carbons (Fsp3) is 0.250. The van der Waals surface area contributed by atoms with E-state index >= 15 is 0 Å². The van der Waals surface area contributed by atoms with Gasteiger partial charge in [0.05, 0.1) is 24.4 Å². The van der Waals surface area contributed by atoms with Crippen molar-refractivity contribution in [3.63, 3.8) is 0 Å². The number of hydrogen-bond acceptors (Lipinski definition) is 5. The van der Waals surface area contributed by atoms with Crippen molar-refractivity contribution in [1.29, 1.82) is 0 Å². The molecular formula is C12H13N3O2. The Bertz CT molecular complexity index is 557. The van der Waals surface area contributed by atoms with Gasteiger partial charge in [-0.1, -0.05) is 0 Å². The van der Waals surface area contributed by atoms with Gasteiger partial charge in [0.1, 0.15) is 0 Å². The predicted octanol–water partition coefficient (Wildman–Crippen LogP) is 1.68. The van der Waals surface area contributed by atoms with Gasteiger partial charge < -0.3 is 14.9 Å². The monoisotopic (exact) mass is 231 g/mol. The maximum absolute atomic E-state index is 5.63. The zero-order chi connectivity index (χ0) is 11.7. The highest BCUT2D eigenvalue weighted by atomic mass is 16.5. The van der Waals surface area contributed by atoms with E-state index in [1.165, 1.54) is 0 Å². The van der Waals surface area contributed by atoms with E-state index in [1.54, 1.807) is 6.20 Å². The minimum atomic E-state index is 0.671. The highest BCUT2D eigenvalue weighted by Crippen LogP contribution is 2.35. The minimum absolute atomic E-state index is 0.671. The molecular weight excluding hydrogens is 218 g/mol. The smallest absolute Gasteiger partial charge is 0.163 e. The summed E-state index contributed by atoms with van der Waals surface area (Å²) in [6.45, 7) is 1.34. The highest BCUT2D eigenvalue weighted by Gasteiger charge is 2.13. The van der Waals surface area contributed by atoms with Gasteiger partial charge in [0.2, 0.25) is 0 Å².